The summed E-state index contributed by atoms with van der Waals surface area (Å²) >= 11 is 0. The van der Waals surface area contributed by atoms with Crippen LogP contribution in [0.3, 0.4) is 0 Å². The van der Waals surface area contributed by atoms with E-state index in [1.165, 1.54) is 0 Å². The van der Waals surface area contributed by atoms with E-state index in [0.717, 1.165) is 25.9 Å². The van der Waals surface area contributed by atoms with E-state index in [4.69, 9.17) is 4.74 Å². The van der Waals surface area contributed by atoms with Crippen molar-refractivity contribution in [3.8, 4) is 0 Å². The van der Waals surface area contributed by atoms with E-state index in [0.29, 0.717) is 0 Å². The van der Waals surface area contributed by atoms with E-state index in [1.807, 2.05) is 20.8 Å². The van der Waals surface area contributed by atoms with Gasteiger partial charge in [-0.15, -0.1) is 0 Å². The molecule has 0 aromatic carbocycles. The van der Waals surface area contributed by atoms with Crippen LogP contribution in [0.2, 0.25) is 0 Å². The average Bonchev–Trinajstić information content (AvgIpc) is 2.32. The fourth-order valence-electron chi connectivity index (χ4n) is 1.23. The number of likely N-dealkylation sites (tertiary alicyclic amines) is 1. The van der Waals surface area contributed by atoms with Crippen LogP contribution in [0.25, 0.3) is 0 Å². The number of nitrogens with zero attached hydrogens (tertiary/aromatic N) is 1. The predicted octanol–water partition coefficient (Wildman–Crippen LogP) is 0.812. The summed E-state index contributed by atoms with van der Waals surface area (Å²) in [5.74, 6) is 0. The minimum atomic E-state index is -0.361. The second kappa shape index (κ2) is 6.34. The molecule has 0 atom stereocenters. The van der Waals surface area contributed by atoms with Gasteiger partial charge in [0.15, 0.2) is 0 Å². The molecule has 79 valence electrons. The second-order valence-corrected chi connectivity index (χ2v) is 4.17. The Balaban J connectivity index is 0. The van der Waals surface area contributed by atoms with Crippen molar-refractivity contribution < 1.29 is 15.0 Å². The van der Waals surface area contributed by atoms with Gasteiger partial charge in [0.1, 0.15) is 5.60 Å². The van der Waals surface area contributed by atoms with Gasteiger partial charge in [-0.05, 0) is 33.6 Å². The van der Waals surface area contributed by atoms with Crippen LogP contribution in [0.4, 0.5) is 4.79 Å². The van der Waals surface area contributed by atoms with E-state index in [9.17, 15) is 4.79 Å². The number of carbonyl (C=O) groups excluding carboxylic acids is 1. The summed E-state index contributed by atoms with van der Waals surface area (Å²) in [5.41, 5.74) is -0.361. The van der Waals surface area contributed by atoms with Crippen LogP contribution in [-0.2, 0) is 4.74 Å². The van der Waals surface area contributed by atoms with Gasteiger partial charge in [-0.1, -0.05) is 0 Å². The smallest absolute Gasteiger partial charge is 0.410 e. The molecule has 0 saturated carbocycles. The van der Waals surface area contributed by atoms with Gasteiger partial charge < -0.3 is 15.1 Å². The first-order chi connectivity index (χ1) is 5.49. The predicted molar refractivity (Wildman–Crippen MR) is 56.4 cm³/mol. The van der Waals surface area contributed by atoms with E-state index in [-0.39, 0.29) is 36.0 Å². The van der Waals surface area contributed by atoms with Gasteiger partial charge in [0.25, 0.3) is 0 Å². The summed E-state index contributed by atoms with van der Waals surface area (Å²) in [6, 6.07) is 0. The molecule has 1 amide bonds. The van der Waals surface area contributed by atoms with Crippen LogP contribution in [0, 0.1) is 0 Å². The zero-order valence-electron chi connectivity index (χ0n) is 9.59. The number of hydrogen-bond donors (Lipinski definition) is 0. The number of amides is 1. The molecule has 4 nitrogen and oxygen atoms in total. The zero-order valence-corrected chi connectivity index (χ0v) is 9.59. The largest absolute Gasteiger partial charge is 0.444 e. The fourth-order valence-corrected chi connectivity index (χ4v) is 1.23. The Morgan fingerprint density at radius 3 is 2.00 bits per heavy atom. The van der Waals surface area contributed by atoms with Crippen LogP contribution in [-0.4, -0.2) is 54.0 Å². The second-order valence-electron chi connectivity index (χ2n) is 4.17. The van der Waals surface area contributed by atoms with Crippen molar-refractivity contribution in [1.29, 1.82) is 0 Å². The van der Waals surface area contributed by atoms with Crippen LogP contribution in [0.5, 0.6) is 0 Å². The molecule has 1 aliphatic heterocycles. The minimum Gasteiger partial charge on any atom is -0.444 e. The Hall–Kier alpha value is -0.173. The molecule has 0 unspecified atom stereocenters. The first kappa shape index (κ1) is 16.3. The monoisotopic (exact) mass is 196 g/mol. The Labute approximate surface area is 97.5 Å². The van der Waals surface area contributed by atoms with Crippen LogP contribution in [0.15, 0.2) is 0 Å². The molecule has 0 aliphatic carbocycles. The van der Waals surface area contributed by atoms with Gasteiger partial charge in [-0.25, -0.2) is 4.79 Å². The molecule has 1 rings (SSSR count). The molecule has 1 fully saturated rings. The molecule has 5 heteroatoms. The maximum absolute atomic E-state index is 11.4. The summed E-state index contributed by atoms with van der Waals surface area (Å²) < 4.78 is 5.21. The molecule has 0 bridgehead atoms. The van der Waals surface area contributed by atoms with Crippen molar-refractivity contribution in [2.75, 3.05) is 13.1 Å². The van der Waals surface area contributed by atoms with Crippen molar-refractivity contribution in [3.05, 3.63) is 0 Å². The standard InChI is InChI=1S/C9H17NO2.Li.H2O/c1-9(2,3)12-8(11)10-6-4-5-7-10;;/h4-7H2,1-3H3;;1H2. The van der Waals surface area contributed by atoms with E-state index < -0.39 is 0 Å². The van der Waals surface area contributed by atoms with Crippen molar-refractivity contribution in [2.45, 2.75) is 39.2 Å². The summed E-state index contributed by atoms with van der Waals surface area (Å²) in [6.07, 6.45) is 2.05. The Morgan fingerprint density at radius 1 is 1.21 bits per heavy atom. The molecular formula is C9H19LiNO3. The summed E-state index contributed by atoms with van der Waals surface area (Å²) in [7, 11) is 0. The molecule has 0 aromatic rings. The van der Waals surface area contributed by atoms with Gasteiger partial charge in [-0.3, -0.25) is 0 Å². The van der Waals surface area contributed by atoms with Crippen LogP contribution < -0.4 is 0 Å². The first-order valence-corrected chi connectivity index (χ1v) is 4.47. The van der Waals surface area contributed by atoms with Crippen LogP contribution in [0.1, 0.15) is 33.6 Å². The van der Waals surface area contributed by atoms with Gasteiger partial charge in [-0.2, -0.15) is 0 Å². The third-order valence-corrected chi connectivity index (χ3v) is 1.76. The Morgan fingerprint density at radius 2 is 1.64 bits per heavy atom. The minimum absolute atomic E-state index is 0. The van der Waals surface area contributed by atoms with Crippen molar-refractivity contribution in [3.63, 3.8) is 0 Å². The molecule has 1 radical (unpaired) electrons. The summed E-state index contributed by atoms with van der Waals surface area (Å²) in [6.45, 7) is 7.38. The number of rotatable bonds is 0. The molecule has 1 heterocycles. The van der Waals surface area contributed by atoms with E-state index in [1.54, 1.807) is 4.90 Å². The van der Waals surface area contributed by atoms with Crippen molar-refractivity contribution in [2.24, 2.45) is 0 Å². The molecule has 0 aromatic heterocycles. The van der Waals surface area contributed by atoms with Gasteiger partial charge in [0.2, 0.25) is 0 Å². The number of ether oxygens (including phenoxy) is 1. The Kier molecular flexibility index (Phi) is 7.36. The quantitative estimate of drug-likeness (QED) is 0.538. The van der Waals surface area contributed by atoms with E-state index >= 15 is 0 Å². The topological polar surface area (TPSA) is 61.0 Å². The molecule has 2 N–H and O–H groups in total. The third kappa shape index (κ3) is 5.54. The first-order valence-electron chi connectivity index (χ1n) is 4.47. The van der Waals surface area contributed by atoms with Crippen LogP contribution >= 0.6 is 0 Å². The molecule has 14 heavy (non-hydrogen) atoms. The van der Waals surface area contributed by atoms with Gasteiger partial charge in [0, 0.05) is 32.0 Å². The molecule has 0 spiro atoms. The fraction of sp³-hybridized carbons (Fsp3) is 0.889. The van der Waals surface area contributed by atoms with Crippen molar-refractivity contribution in [1.82, 2.24) is 4.90 Å². The maximum Gasteiger partial charge on any atom is 0.410 e. The van der Waals surface area contributed by atoms with Crippen molar-refractivity contribution >= 4 is 25.0 Å². The van der Waals surface area contributed by atoms with Gasteiger partial charge >= 0.3 is 6.09 Å². The summed E-state index contributed by atoms with van der Waals surface area (Å²) in [5, 5.41) is 0. The normalized spacial score (nSPS) is 15.5. The maximum atomic E-state index is 11.4. The summed E-state index contributed by atoms with van der Waals surface area (Å²) in [4.78, 5) is 13.1. The Bertz CT molecular complexity index is 173. The molecular weight excluding hydrogens is 177 g/mol. The van der Waals surface area contributed by atoms with E-state index in [2.05, 4.69) is 0 Å². The molecule has 1 aliphatic rings. The van der Waals surface area contributed by atoms with Gasteiger partial charge in [0.05, 0.1) is 0 Å². The SMILES string of the molecule is CC(C)(C)OC(=O)N1CCCC1.O.[Li]. The number of hydrogen-bond acceptors (Lipinski definition) is 2. The number of carbonyl (C=O) groups is 1. The third-order valence-electron chi connectivity index (χ3n) is 1.76. The zero-order chi connectivity index (χ0) is 9.19. The average molecular weight is 196 g/mol. The molecule has 1 saturated heterocycles.